The third-order valence-corrected chi connectivity index (χ3v) is 3.75. The maximum Gasteiger partial charge on any atom is 0.224 e. The Labute approximate surface area is 110 Å². The lowest BCUT2D eigenvalue weighted by molar-refractivity contribution is -0.127. The van der Waals surface area contributed by atoms with Crippen LogP contribution in [0.1, 0.15) is 39.5 Å². The summed E-state index contributed by atoms with van der Waals surface area (Å²) in [5.74, 6) is 1.06. The van der Waals surface area contributed by atoms with Crippen LogP contribution in [0, 0.1) is 11.8 Å². The molecule has 1 unspecified atom stereocenters. The molecule has 1 saturated carbocycles. The second-order valence-corrected chi connectivity index (χ2v) is 6.58. The summed E-state index contributed by atoms with van der Waals surface area (Å²) < 4.78 is 0. The van der Waals surface area contributed by atoms with Gasteiger partial charge in [0.15, 0.2) is 0 Å². The zero-order chi connectivity index (χ0) is 13.2. The number of aliphatic hydroxyl groups is 1. The van der Waals surface area contributed by atoms with Crippen LogP contribution in [0.2, 0.25) is 0 Å². The molecule has 0 radical (unpaired) electrons. The number of hydrogen-bond acceptors (Lipinski definition) is 3. The molecule has 0 bridgehead atoms. The molecule has 0 aromatic carbocycles. The molecule has 2 N–H and O–H groups in total. The second kappa shape index (κ2) is 5.57. The van der Waals surface area contributed by atoms with Gasteiger partial charge in [-0.3, -0.25) is 9.69 Å². The summed E-state index contributed by atoms with van der Waals surface area (Å²) >= 11 is 0. The number of carbonyl (C=O) groups is 1. The fourth-order valence-electron chi connectivity index (χ4n) is 2.67. The van der Waals surface area contributed by atoms with Crippen LogP contribution >= 0.6 is 0 Å². The van der Waals surface area contributed by atoms with Crippen LogP contribution in [0.4, 0.5) is 0 Å². The Morgan fingerprint density at radius 2 is 2.11 bits per heavy atom. The van der Waals surface area contributed by atoms with Crippen molar-refractivity contribution in [2.75, 3.05) is 26.2 Å². The first-order valence-electron chi connectivity index (χ1n) is 7.16. The average molecular weight is 254 g/mol. The van der Waals surface area contributed by atoms with Gasteiger partial charge in [-0.2, -0.15) is 0 Å². The molecule has 104 valence electrons. The lowest BCUT2D eigenvalue weighted by Gasteiger charge is -2.35. The van der Waals surface area contributed by atoms with E-state index in [-0.39, 0.29) is 11.8 Å². The Morgan fingerprint density at radius 1 is 1.39 bits per heavy atom. The molecule has 1 amide bonds. The van der Waals surface area contributed by atoms with Crippen LogP contribution < -0.4 is 5.32 Å². The van der Waals surface area contributed by atoms with Crippen molar-refractivity contribution < 1.29 is 9.90 Å². The van der Waals surface area contributed by atoms with E-state index in [0.29, 0.717) is 6.54 Å². The number of hydrogen-bond donors (Lipinski definition) is 2. The quantitative estimate of drug-likeness (QED) is 0.769. The maximum atomic E-state index is 12.0. The molecule has 1 heterocycles. The lowest BCUT2D eigenvalue weighted by atomic mass is 9.95. The van der Waals surface area contributed by atoms with Gasteiger partial charge in [-0.25, -0.2) is 0 Å². The summed E-state index contributed by atoms with van der Waals surface area (Å²) in [5, 5.41) is 12.9. The topological polar surface area (TPSA) is 52.6 Å². The third kappa shape index (κ3) is 4.58. The Hall–Kier alpha value is -0.610. The molecular formula is C14H26N2O2. The Morgan fingerprint density at radius 3 is 2.72 bits per heavy atom. The van der Waals surface area contributed by atoms with E-state index in [4.69, 9.17) is 0 Å². The van der Waals surface area contributed by atoms with Gasteiger partial charge in [0.25, 0.3) is 0 Å². The van der Waals surface area contributed by atoms with Crippen molar-refractivity contribution in [3.63, 3.8) is 0 Å². The molecule has 2 rings (SSSR count). The van der Waals surface area contributed by atoms with E-state index in [1.807, 2.05) is 13.8 Å². The minimum Gasteiger partial charge on any atom is -0.389 e. The third-order valence-electron chi connectivity index (χ3n) is 3.75. The van der Waals surface area contributed by atoms with E-state index in [1.165, 1.54) is 12.8 Å². The number of nitrogens with one attached hydrogen (secondary N) is 1. The summed E-state index contributed by atoms with van der Waals surface area (Å²) in [6.07, 6.45) is 4.59. The molecule has 0 spiro atoms. The lowest BCUT2D eigenvalue weighted by Crippen LogP contribution is -2.47. The fraction of sp³-hybridized carbons (Fsp3) is 0.929. The number of carbonyl (C=O) groups excluding carboxylic acids is 1. The van der Waals surface area contributed by atoms with Crippen molar-refractivity contribution in [3.05, 3.63) is 0 Å². The van der Waals surface area contributed by atoms with Gasteiger partial charge in [0.05, 0.1) is 11.5 Å². The Balaban J connectivity index is 1.76. The summed E-state index contributed by atoms with van der Waals surface area (Å²) in [5.41, 5.74) is -0.674. The summed E-state index contributed by atoms with van der Waals surface area (Å²) in [7, 11) is 0. The minimum atomic E-state index is -0.674. The van der Waals surface area contributed by atoms with E-state index in [9.17, 15) is 9.90 Å². The standard InChI is InChI=1S/C14H26N2O2/c1-14(2,18)10-16-7-3-4-12(9-16)13(17)15-8-11-5-6-11/h11-12,18H,3-10H2,1-2H3,(H,15,17). The number of amides is 1. The number of rotatable bonds is 5. The molecule has 0 aromatic heterocycles. The molecule has 1 atom stereocenters. The number of piperidine rings is 1. The molecule has 1 saturated heterocycles. The largest absolute Gasteiger partial charge is 0.389 e. The summed E-state index contributed by atoms with van der Waals surface area (Å²) in [6.45, 7) is 6.95. The highest BCUT2D eigenvalue weighted by atomic mass is 16.3. The van der Waals surface area contributed by atoms with Crippen molar-refractivity contribution >= 4 is 5.91 Å². The molecule has 18 heavy (non-hydrogen) atoms. The van der Waals surface area contributed by atoms with Gasteiger partial charge in [-0.15, -0.1) is 0 Å². The van der Waals surface area contributed by atoms with Crippen LogP contribution in [-0.2, 0) is 4.79 Å². The smallest absolute Gasteiger partial charge is 0.224 e. The highest BCUT2D eigenvalue weighted by molar-refractivity contribution is 5.79. The molecule has 0 aromatic rings. The summed E-state index contributed by atoms with van der Waals surface area (Å²) in [6, 6.07) is 0. The Kier molecular flexibility index (Phi) is 4.28. The highest BCUT2D eigenvalue weighted by Crippen LogP contribution is 2.28. The van der Waals surface area contributed by atoms with Crippen molar-refractivity contribution in [2.45, 2.75) is 45.1 Å². The van der Waals surface area contributed by atoms with Crippen LogP contribution in [0.25, 0.3) is 0 Å². The van der Waals surface area contributed by atoms with Gasteiger partial charge in [-0.1, -0.05) is 0 Å². The molecule has 4 heteroatoms. The van der Waals surface area contributed by atoms with Crippen LogP contribution in [-0.4, -0.2) is 47.7 Å². The Bertz CT molecular complexity index is 295. The second-order valence-electron chi connectivity index (χ2n) is 6.58. The SMILES string of the molecule is CC(C)(O)CN1CCCC(C(=O)NCC2CC2)C1. The van der Waals surface area contributed by atoms with Gasteiger partial charge in [0.2, 0.25) is 5.91 Å². The first-order valence-corrected chi connectivity index (χ1v) is 7.16. The van der Waals surface area contributed by atoms with Crippen LogP contribution in [0.5, 0.6) is 0 Å². The molecule has 2 aliphatic rings. The van der Waals surface area contributed by atoms with E-state index >= 15 is 0 Å². The zero-order valence-corrected chi connectivity index (χ0v) is 11.6. The predicted octanol–water partition coefficient (Wildman–Crippen LogP) is 0.995. The van der Waals surface area contributed by atoms with Gasteiger partial charge < -0.3 is 10.4 Å². The zero-order valence-electron chi connectivity index (χ0n) is 11.6. The van der Waals surface area contributed by atoms with Crippen molar-refractivity contribution in [1.82, 2.24) is 10.2 Å². The van der Waals surface area contributed by atoms with E-state index in [2.05, 4.69) is 10.2 Å². The first kappa shape index (κ1) is 13.8. The van der Waals surface area contributed by atoms with Crippen molar-refractivity contribution in [1.29, 1.82) is 0 Å². The van der Waals surface area contributed by atoms with Crippen LogP contribution in [0.15, 0.2) is 0 Å². The van der Waals surface area contributed by atoms with Gasteiger partial charge in [-0.05, 0) is 52.0 Å². The van der Waals surface area contributed by atoms with E-state index < -0.39 is 5.60 Å². The van der Waals surface area contributed by atoms with Crippen molar-refractivity contribution in [3.8, 4) is 0 Å². The fourth-order valence-corrected chi connectivity index (χ4v) is 2.67. The van der Waals surface area contributed by atoms with E-state index in [0.717, 1.165) is 38.4 Å². The van der Waals surface area contributed by atoms with Gasteiger partial charge in [0, 0.05) is 19.6 Å². The monoisotopic (exact) mass is 254 g/mol. The highest BCUT2D eigenvalue weighted by Gasteiger charge is 2.29. The summed E-state index contributed by atoms with van der Waals surface area (Å²) in [4.78, 5) is 14.3. The minimum absolute atomic E-state index is 0.111. The molecular weight excluding hydrogens is 228 g/mol. The molecule has 1 aliphatic carbocycles. The molecule has 1 aliphatic heterocycles. The number of β-amino-alcohol motifs (C(OH)–C–C–N with tert-alkyl or cyclic N) is 1. The van der Waals surface area contributed by atoms with Gasteiger partial charge >= 0.3 is 0 Å². The first-order chi connectivity index (χ1) is 8.44. The average Bonchev–Trinajstić information content (AvgIpc) is 3.07. The number of likely N-dealkylation sites (tertiary alicyclic amines) is 1. The predicted molar refractivity (Wildman–Crippen MR) is 71.2 cm³/mol. The van der Waals surface area contributed by atoms with Crippen molar-refractivity contribution in [2.24, 2.45) is 11.8 Å². The maximum absolute atomic E-state index is 12.0. The van der Waals surface area contributed by atoms with E-state index in [1.54, 1.807) is 0 Å². The molecule has 4 nitrogen and oxygen atoms in total. The number of nitrogens with zero attached hydrogens (tertiary/aromatic N) is 1. The molecule has 2 fully saturated rings. The normalized spacial score (nSPS) is 26.1. The van der Waals surface area contributed by atoms with Gasteiger partial charge in [0.1, 0.15) is 0 Å². The van der Waals surface area contributed by atoms with Crippen LogP contribution in [0.3, 0.4) is 0 Å².